The lowest BCUT2D eigenvalue weighted by atomic mass is 10.2. The highest BCUT2D eigenvalue weighted by molar-refractivity contribution is 7.09. The molecule has 2 saturated heterocycles. The average Bonchev–Trinajstić information content (AvgIpc) is 3.07. The maximum absolute atomic E-state index is 12.4. The predicted molar refractivity (Wildman–Crippen MR) is 71.8 cm³/mol. The molecule has 0 saturated carbocycles. The second kappa shape index (κ2) is 5.28. The van der Waals surface area contributed by atoms with Crippen molar-refractivity contribution in [3.63, 3.8) is 0 Å². The lowest BCUT2D eigenvalue weighted by Crippen LogP contribution is -2.44. The molecular formula is C13H17N3O2S. The van der Waals surface area contributed by atoms with Crippen molar-refractivity contribution in [1.82, 2.24) is 14.8 Å². The average molecular weight is 279 g/mol. The summed E-state index contributed by atoms with van der Waals surface area (Å²) in [4.78, 5) is 32.2. The summed E-state index contributed by atoms with van der Waals surface area (Å²) in [5, 5.41) is 2.99. The van der Waals surface area contributed by atoms with Gasteiger partial charge in [-0.25, -0.2) is 4.98 Å². The molecule has 102 valence electrons. The molecule has 2 amide bonds. The van der Waals surface area contributed by atoms with Crippen molar-refractivity contribution >= 4 is 23.2 Å². The van der Waals surface area contributed by atoms with Crippen LogP contribution in [0.15, 0.2) is 11.6 Å². The van der Waals surface area contributed by atoms with Crippen LogP contribution in [-0.2, 0) is 16.0 Å². The van der Waals surface area contributed by atoms with Gasteiger partial charge in [0.15, 0.2) is 0 Å². The minimum atomic E-state index is -0.203. The van der Waals surface area contributed by atoms with Gasteiger partial charge in [-0.05, 0) is 12.8 Å². The number of hydrogen-bond acceptors (Lipinski definition) is 4. The van der Waals surface area contributed by atoms with Crippen LogP contribution < -0.4 is 0 Å². The van der Waals surface area contributed by atoms with E-state index in [2.05, 4.69) is 4.98 Å². The van der Waals surface area contributed by atoms with Gasteiger partial charge in [0, 0.05) is 44.1 Å². The SMILES string of the molecule is O=C1C2CCCN2C(=O)CCN1CCc1nccs1. The quantitative estimate of drug-likeness (QED) is 0.826. The second-order valence-electron chi connectivity index (χ2n) is 5.00. The van der Waals surface area contributed by atoms with E-state index in [1.807, 2.05) is 10.3 Å². The van der Waals surface area contributed by atoms with Crippen LogP contribution in [0.1, 0.15) is 24.3 Å². The van der Waals surface area contributed by atoms with Gasteiger partial charge in [-0.1, -0.05) is 0 Å². The standard InChI is InChI=1S/C13H17N3O2S/c17-12-4-8-15(7-3-11-14-5-9-19-11)13(18)10-2-1-6-16(10)12/h5,9-10H,1-4,6-8H2. The van der Waals surface area contributed by atoms with Crippen LogP contribution >= 0.6 is 11.3 Å². The van der Waals surface area contributed by atoms with Crippen LogP contribution in [0.4, 0.5) is 0 Å². The normalized spacial score (nSPS) is 23.7. The molecule has 1 unspecified atom stereocenters. The van der Waals surface area contributed by atoms with E-state index in [9.17, 15) is 9.59 Å². The zero-order valence-electron chi connectivity index (χ0n) is 10.7. The third kappa shape index (κ3) is 2.49. The van der Waals surface area contributed by atoms with Gasteiger partial charge in [0.25, 0.3) is 0 Å². The Bertz CT molecular complexity index is 474. The van der Waals surface area contributed by atoms with Gasteiger partial charge in [-0.3, -0.25) is 9.59 Å². The topological polar surface area (TPSA) is 53.5 Å². The van der Waals surface area contributed by atoms with E-state index < -0.39 is 0 Å². The smallest absolute Gasteiger partial charge is 0.245 e. The summed E-state index contributed by atoms with van der Waals surface area (Å²) in [5.74, 6) is 0.257. The molecule has 0 bridgehead atoms. The minimum absolute atomic E-state index is 0.125. The first kappa shape index (κ1) is 12.6. The summed E-state index contributed by atoms with van der Waals surface area (Å²) in [6.45, 7) is 1.97. The van der Waals surface area contributed by atoms with E-state index in [1.165, 1.54) is 0 Å². The fourth-order valence-electron chi connectivity index (χ4n) is 2.85. The van der Waals surface area contributed by atoms with Crippen LogP contribution in [0.25, 0.3) is 0 Å². The van der Waals surface area contributed by atoms with Crippen LogP contribution in [0.5, 0.6) is 0 Å². The molecule has 2 aliphatic rings. The monoisotopic (exact) mass is 279 g/mol. The first-order chi connectivity index (χ1) is 9.25. The second-order valence-corrected chi connectivity index (χ2v) is 5.98. The van der Waals surface area contributed by atoms with Crippen molar-refractivity contribution in [2.24, 2.45) is 0 Å². The number of fused-ring (bicyclic) bond motifs is 1. The van der Waals surface area contributed by atoms with E-state index in [4.69, 9.17) is 0 Å². The fraction of sp³-hybridized carbons (Fsp3) is 0.615. The number of carbonyl (C=O) groups is 2. The predicted octanol–water partition coefficient (Wildman–Crippen LogP) is 0.909. The van der Waals surface area contributed by atoms with Crippen LogP contribution in [0.3, 0.4) is 0 Å². The molecule has 19 heavy (non-hydrogen) atoms. The zero-order valence-corrected chi connectivity index (χ0v) is 11.6. The van der Waals surface area contributed by atoms with E-state index in [0.29, 0.717) is 19.5 Å². The van der Waals surface area contributed by atoms with Crippen molar-refractivity contribution < 1.29 is 9.59 Å². The van der Waals surface area contributed by atoms with E-state index in [0.717, 1.165) is 30.8 Å². The molecule has 0 aliphatic carbocycles. The molecule has 0 spiro atoms. The number of thiazole rings is 1. The Morgan fingerprint density at radius 1 is 1.37 bits per heavy atom. The number of amides is 2. The van der Waals surface area contributed by atoms with Crippen molar-refractivity contribution in [3.8, 4) is 0 Å². The van der Waals surface area contributed by atoms with Gasteiger partial charge in [-0.2, -0.15) is 0 Å². The van der Waals surface area contributed by atoms with Gasteiger partial charge >= 0.3 is 0 Å². The molecule has 0 radical (unpaired) electrons. The molecule has 1 atom stereocenters. The Morgan fingerprint density at radius 3 is 3.05 bits per heavy atom. The maximum Gasteiger partial charge on any atom is 0.245 e. The highest BCUT2D eigenvalue weighted by Gasteiger charge is 2.38. The largest absolute Gasteiger partial charge is 0.340 e. The molecule has 3 rings (SSSR count). The molecule has 5 nitrogen and oxygen atoms in total. The molecule has 6 heteroatoms. The Hall–Kier alpha value is -1.43. The lowest BCUT2D eigenvalue weighted by molar-refractivity contribution is -0.139. The fourth-order valence-corrected chi connectivity index (χ4v) is 3.46. The molecule has 3 heterocycles. The summed E-state index contributed by atoms with van der Waals surface area (Å²) < 4.78 is 0. The van der Waals surface area contributed by atoms with Crippen molar-refractivity contribution in [1.29, 1.82) is 0 Å². The van der Waals surface area contributed by atoms with Crippen molar-refractivity contribution in [2.75, 3.05) is 19.6 Å². The number of aromatic nitrogens is 1. The van der Waals surface area contributed by atoms with Gasteiger partial charge in [0.05, 0.1) is 5.01 Å². The first-order valence-electron chi connectivity index (χ1n) is 6.72. The number of carbonyl (C=O) groups excluding carboxylic acids is 2. The summed E-state index contributed by atoms with van der Waals surface area (Å²) >= 11 is 1.61. The summed E-state index contributed by atoms with van der Waals surface area (Å²) in [6.07, 6.45) is 4.79. The molecule has 0 N–H and O–H groups in total. The summed E-state index contributed by atoms with van der Waals surface area (Å²) in [7, 11) is 0. The van der Waals surface area contributed by atoms with Gasteiger partial charge in [0.1, 0.15) is 6.04 Å². The van der Waals surface area contributed by atoms with Crippen molar-refractivity contribution in [3.05, 3.63) is 16.6 Å². The Balaban J connectivity index is 1.67. The number of rotatable bonds is 3. The lowest BCUT2D eigenvalue weighted by Gasteiger charge is -2.24. The van der Waals surface area contributed by atoms with Gasteiger partial charge in [-0.15, -0.1) is 11.3 Å². The maximum atomic E-state index is 12.4. The third-order valence-corrected chi connectivity index (χ3v) is 4.68. The van der Waals surface area contributed by atoms with E-state index in [-0.39, 0.29) is 17.9 Å². The molecule has 0 aromatic carbocycles. The number of hydrogen-bond donors (Lipinski definition) is 0. The molecule has 2 aliphatic heterocycles. The minimum Gasteiger partial charge on any atom is -0.340 e. The van der Waals surface area contributed by atoms with Gasteiger partial charge in [0.2, 0.25) is 11.8 Å². The summed E-state index contributed by atoms with van der Waals surface area (Å²) in [5.41, 5.74) is 0. The van der Waals surface area contributed by atoms with Crippen LogP contribution in [0, 0.1) is 0 Å². The van der Waals surface area contributed by atoms with E-state index >= 15 is 0 Å². The van der Waals surface area contributed by atoms with Crippen LogP contribution in [-0.4, -0.2) is 52.3 Å². The number of nitrogens with zero attached hydrogens (tertiary/aromatic N) is 3. The molecular weight excluding hydrogens is 262 g/mol. The highest BCUT2D eigenvalue weighted by atomic mass is 32.1. The Morgan fingerprint density at radius 2 is 2.26 bits per heavy atom. The van der Waals surface area contributed by atoms with Gasteiger partial charge < -0.3 is 9.80 Å². The molecule has 2 fully saturated rings. The van der Waals surface area contributed by atoms with E-state index in [1.54, 1.807) is 22.4 Å². The van der Waals surface area contributed by atoms with Crippen molar-refractivity contribution in [2.45, 2.75) is 31.7 Å². The Labute approximate surface area is 116 Å². The molecule has 1 aromatic heterocycles. The van der Waals surface area contributed by atoms with Crippen LogP contribution in [0.2, 0.25) is 0 Å². The molecule has 1 aromatic rings. The Kier molecular flexibility index (Phi) is 3.50. The highest BCUT2D eigenvalue weighted by Crippen LogP contribution is 2.23. The summed E-state index contributed by atoms with van der Waals surface area (Å²) in [6, 6.07) is -0.203. The third-order valence-electron chi connectivity index (χ3n) is 3.84. The first-order valence-corrected chi connectivity index (χ1v) is 7.60. The zero-order chi connectivity index (χ0) is 13.2.